The van der Waals surface area contributed by atoms with Crippen molar-refractivity contribution >= 4 is 21.6 Å². The van der Waals surface area contributed by atoms with Crippen molar-refractivity contribution in [1.82, 2.24) is 4.72 Å². The smallest absolute Gasteiger partial charge is 0.243 e. The molecule has 0 atom stereocenters. The average Bonchev–Trinajstić information content (AvgIpc) is 2.19. The molecule has 0 aliphatic heterocycles. The van der Waals surface area contributed by atoms with E-state index in [-0.39, 0.29) is 5.69 Å². The molecule has 1 aromatic rings. The van der Waals surface area contributed by atoms with E-state index in [1.54, 1.807) is 0 Å². The number of benzene rings is 1. The topological polar surface area (TPSA) is 115 Å². The molecule has 1 rings (SSSR count). The Bertz CT molecular complexity index is 584. The van der Waals surface area contributed by atoms with Crippen molar-refractivity contribution < 1.29 is 17.6 Å². The maximum Gasteiger partial charge on any atom is 0.243 e. The molecule has 0 fully saturated rings. The van der Waals surface area contributed by atoms with Crippen molar-refractivity contribution in [3.05, 3.63) is 24.0 Å². The highest BCUT2D eigenvalue weighted by atomic mass is 32.2. The summed E-state index contributed by atoms with van der Waals surface area (Å²) >= 11 is 0. The summed E-state index contributed by atoms with van der Waals surface area (Å²) in [4.78, 5) is 10.6. The first-order chi connectivity index (χ1) is 8.06. The molecule has 6 nitrogen and oxygen atoms in total. The van der Waals surface area contributed by atoms with Gasteiger partial charge in [-0.3, -0.25) is 4.79 Å². The highest BCUT2D eigenvalue weighted by Crippen LogP contribution is 2.20. The van der Waals surface area contributed by atoms with Crippen LogP contribution in [-0.2, 0) is 14.8 Å². The van der Waals surface area contributed by atoms with Crippen LogP contribution < -0.4 is 16.2 Å². The van der Waals surface area contributed by atoms with Gasteiger partial charge in [-0.15, -0.1) is 0 Å². The number of anilines is 1. The summed E-state index contributed by atoms with van der Waals surface area (Å²) in [6, 6.07) is 2.93. The fourth-order valence-electron chi connectivity index (χ4n) is 1.18. The summed E-state index contributed by atoms with van der Waals surface area (Å²) in [5.41, 5.74) is 8.90. The first-order valence-electron chi connectivity index (χ1n) is 4.95. The van der Waals surface area contributed by atoms with E-state index in [9.17, 15) is 17.6 Å². The van der Waals surface area contributed by atoms with Crippen LogP contribution in [0.2, 0.25) is 0 Å². The number of hydrogen-bond acceptors (Lipinski definition) is 4. The van der Waals surface area contributed by atoms with Crippen molar-refractivity contribution in [2.45, 2.75) is 24.3 Å². The number of nitrogens with two attached hydrogens (primary N) is 2. The predicted octanol–water partition coefficient (Wildman–Crippen LogP) is -0.0499. The fraction of sp³-hybridized carbons (Fsp3) is 0.300. The normalized spacial score (nSPS) is 12.4. The number of carbonyl (C=O) groups excluding carboxylic acids is 1. The van der Waals surface area contributed by atoms with Crippen LogP contribution in [0.15, 0.2) is 23.1 Å². The Morgan fingerprint density at radius 3 is 2.44 bits per heavy atom. The second kappa shape index (κ2) is 4.54. The lowest BCUT2D eigenvalue weighted by Gasteiger charge is -2.22. The van der Waals surface area contributed by atoms with Gasteiger partial charge in [0, 0.05) is 0 Å². The maximum atomic E-state index is 13.0. The quantitative estimate of drug-likeness (QED) is 0.668. The number of nitrogen functional groups attached to an aromatic ring is 1. The lowest BCUT2D eigenvalue weighted by Crippen LogP contribution is -2.52. The standard InChI is InChI=1S/C10H14FN3O3S/c1-10(2,9(13)15)14-18(16,17)8-5-6(11)3-4-7(8)12/h3-5,14H,12H2,1-2H3,(H2,13,15). The average molecular weight is 275 g/mol. The molecular weight excluding hydrogens is 261 g/mol. The van der Waals surface area contributed by atoms with E-state index >= 15 is 0 Å². The highest BCUT2D eigenvalue weighted by molar-refractivity contribution is 7.89. The van der Waals surface area contributed by atoms with Crippen LogP contribution in [0.25, 0.3) is 0 Å². The zero-order valence-corrected chi connectivity index (χ0v) is 10.7. The van der Waals surface area contributed by atoms with E-state index in [2.05, 4.69) is 4.72 Å². The van der Waals surface area contributed by atoms with Crippen LogP contribution in [0.1, 0.15) is 13.8 Å². The summed E-state index contributed by atoms with van der Waals surface area (Å²) in [5.74, 6) is -1.61. The van der Waals surface area contributed by atoms with Gasteiger partial charge in [0.1, 0.15) is 16.3 Å². The largest absolute Gasteiger partial charge is 0.398 e. The van der Waals surface area contributed by atoms with Crippen LogP contribution in [-0.4, -0.2) is 19.9 Å². The molecule has 0 saturated carbocycles. The highest BCUT2D eigenvalue weighted by Gasteiger charge is 2.32. The first-order valence-corrected chi connectivity index (χ1v) is 6.43. The van der Waals surface area contributed by atoms with Gasteiger partial charge in [-0.1, -0.05) is 0 Å². The number of nitrogens with one attached hydrogen (secondary N) is 1. The van der Waals surface area contributed by atoms with Gasteiger partial charge in [0.15, 0.2) is 0 Å². The molecule has 0 aliphatic rings. The molecule has 18 heavy (non-hydrogen) atoms. The molecule has 1 amide bonds. The van der Waals surface area contributed by atoms with E-state index in [0.717, 1.165) is 18.2 Å². The molecule has 0 bridgehead atoms. The van der Waals surface area contributed by atoms with Gasteiger partial charge in [0.25, 0.3) is 0 Å². The van der Waals surface area contributed by atoms with Gasteiger partial charge < -0.3 is 11.5 Å². The first kappa shape index (κ1) is 14.4. The van der Waals surface area contributed by atoms with Gasteiger partial charge in [-0.2, -0.15) is 4.72 Å². The number of primary amides is 1. The Balaban J connectivity index is 3.23. The maximum absolute atomic E-state index is 13.0. The Morgan fingerprint density at radius 2 is 1.94 bits per heavy atom. The Morgan fingerprint density at radius 1 is 1.39 bits per heavy atom. The molecule has 0 aromatic heterocycles. The third-order valence-electron chi connectivity index (χ3n) is 2.27. The number of rotatable bonds is 4. The Labute approximate surface area is 104 Å². The molecular formula is C10H14FN3O3S. The monoisotopic (exact) mass is 275 g/mol. The molecule has 0 unspecified atom stereocenters. The van der Waals surface area contributed by atoms with Crippen LogP contribution in [0, 0.1) is 5.82 Å². The molecule has 8 heteroatoms. The van der Waals surface area contributed by atoms with Gasteiger partial charge in [-0.05, 0) is 32.0 Å². The van der Waals surface area contributed by atoms with Gasteiger partial charge in [0.2, 0.25) is 15.9 Å². The van der Waals surface area contributed by atoms with Crippen LogP contribution in [0.5, 0.6) is 0 Å². The summed E-state index contributed by atoms with van der Waals surface area (Å²) in [6.07, 6.45) is 0. The van der Waals surface area contributed by atoms with Gasteiger partial charge in [-0.25, -0.2) is 12.8 Å². The van der Waals surface area contributed by atoms with Crippen molar-refractivity contribution in [2.75, 3.05) is 5.73 Å². The van der Waals surface area contributed by atoms with E-state index < -0.39 is 32.2 Å². The molecule has 100 valence electrons. The molecule has 1 aromatic carbocycles. The summed E-state index contributed by atoms with van der Waals surface area (Å²) < 4.78 is 39.0. The van der Waals surface area contributed by atoms with E-state index in [1.807, 2.05) is 0 Å². The minimum Gasteiger partial charge on any atom is -0.398 e. The second-order valence-corrected chi connectivity index (χ2v) is 5.93. The van der Waals surface area contributed by atoms with Crippen molar-refractivity contribution in [3.63, 3.8) is 0 Å². The Kier molecular flexibility index (Phi) is 3.63. The van der Waals surface area contributed by atoms with Crippen molar-refractivity contribution in [2.24, 2.45) is 5.73 Å². The zero-order valence-electron chi connectivity index (χ0n) is 9.90. The van der Waals surface area contributed by atoms with E-state index in [1.165, 1.54) is 13.8 Å². The zero-order chi connectivity index (χ0) is 14.1. The molecule has 0 heterocycles. The van der Waals surface area contributed by atoms with Crippen molar-refractivity contribution in [3.8, 4) is 0 Å². The Hall–Kier alpha value is -1.67. The lowest BCUT2D eigenvalue weighted by atomic mass is 10.1. The van der Waals surface area contributed by atoms with Crippen LogP contribution in [0.3, 0.4) is 0 Å². The van der Waals surface area contributed by atoms with Gasteiger partial charge in [0.05, 0.1) is 5.69 Å². The fourth-order valence-corrected chi connectivity index (χ4v) is 2.71. The van der Waals surface area contributed by atoms with E-state index in [0.29, 0.717) is 0 Å². The number of carbonyl (C=O) groups is 1. The third-order valence-corrected chi connectivity index (χ3v) is 3.98. The molecule has 0 saturated heterocycles. The van der Waals surface area contributed by atoms with E-state index in [4.69, 9.17) is 11.5 Å². The summed E-state index contributed by atoms with van der Waals surface area (Å²) in [5, 5.41) is 0. The van der Waals surface area contributed by atoms with Crippen LogP contribution in [0.4, 0.5) is 10.1 Å². The SMILES string of the molecule is CC(C)(NS(=O)(=O)c1cc(F)ccc1N)C(N)=O. The lowest BCUT2D eigenvalue weighted by molar-refractivity contribution is -0.122. The number of halogens is 1. The van der Waals surface area contributed by atoms with Gasteiger partial charge >= 0.3 is 0 Å². The summed E-state index contributed by atoms with van der Waals surface area (Å²) in [7, 11) is -4.13. The minimum atomic E-state index is -4.13. The van der Waals surface area contributed by atoms with Crippen LogP contribution >= 0.6 is 0 Å². The molecule has 5 N–H and O–H groups in total. The summed E-state index contributed by atoms with van der Waals surface area (Å²) in [6.45, 7) is 2.59. The predicted molar refractivity (Wildman–Crippen MR) is 64.4 cm³/mol. The third kappa shape index (κ3) is 2.96. The number of amides is 1. The number of sulfonamides is 1. The van der Waals surface area contributed by atoms with Crippen molar-refractivity contribution in [1.29, 1.82) is 0 Å². The second-order valence-electron chi connectivity index (χ2n) is 4.28. The minimum absolute atomic E-state index is 0.121. The molecule has 0 radical (unpaired) electrons. The molecule has 0 aliphatic carbocycles. The molecule has 0 spiro atoms. The number of hydrogen-bond donors (Lipinski definition) is 3.